The summed E-state index contributed by atoms with van der Waals surface area (Å²) in [6.45, 7) is 7.75. The summed E-state index contributed by atoms with van der Waals surface area (Å²) < 4.78 is 23.2. The molecule has 1 unspecified atom stereocenters. The molecule has 0 aliphatic heterocycles. The molecule has 10 heteroatoms. The number of hydrogen-bond donors (Lipinski definition) is 3. The van der Waals surface area contributed by atoms with Crippen LogP contribution in [-0.2, 0) is 35.0 Å². The second-order valence-corrected chi connectivity index (χ2v) is 10.1. The Hall–Kier alpha value is -2.48. The van der Waals surface area contributed by atoms with Crippen LogP contribution in [0.5, 0.6) is 0 Å². The normalized spacial score (nSPS) is 13.5. The SMILES string of the molecule is CC(=O)OCCC(=CC(NC=O)C(=O)OCc1ccccc1)C(C(C)C)(C(C)C)P(=O)(O)O. The maximum atomic E-state index is 12.8. The Morgan fingerprint density at radius 3 is 2.12 bits per heavy atom. The maximum absolute atomic E-state index is 12.8. The quantitative estimate of drug-likeness (QED) is 0.168. The van der Waals surface area contributed by atoms with E-state index in [-0.39, 0.29) is 25.2 Å². The highest BCUT2D eigenvalue weighted by atomic mass is 31.2. The summed E-state index contributed by atoms with van der Waals surface area (Å²) in [5.41, 5.74) is 0.946. The number of benzene rings is 1. The van der Waals surface area contributed by atoms with E-state index in [4.69, 9.17) is 9.47 Å². The van der Waals surface area contributed by atoms with Gasteiger partial charge in [0.2, 0.25) is 6.41 Å². The van der Waals surface area contributed by atoms with Crippen molar-refractivity contribution in [2.24, 2.45) is 11.8 Å². The second-order valence-electron chi connectivity index (χ2n) is 8.32. The van der Waals surface area contributed by atoms with Gasteiger partial charge in [0, 0.05) is 13.3 Å². The summed E-state index contributed by atoms with van der Waals surface area (Å²) in [7, 11) is -4.78. The van der Waals surface area contributed by atoms with Crippen LogP contribution in [0.25, 0.3) is 0 Å². The minimum absolute atomic E-state index is 0.0364. The van der Waals surface area contributed by atoms with E-state index in [9.17, 15) is 28.7 Å². The summed E-state index contributed by atoms with van der Waals surface area (Å²) in [5.74, 6) is -2.42. The first-order valence-corrected chi connectivity index (χ1v) is 12.3. The Morgan fingerprint density at radius 1 is 1.09 bits per heavy atom. The van der Waals surface area contributed by atoms with Crippen LogP contribution in [0.1, 0.15) is 46.6 Å². The van der Waals surface area contributed by atoms with Gasteiger partial charge < -0.3 is 24.6 Å². The molecule has 0 bridgehead atoms. The molecular formula is C23H34NO8P. The molecule has 1 rings (SSSR count). The first kappa shape index (κ1) is 28.6. The third kappa shape index (κ3) is 7.52. The van der Waals surface area contributed by atoms with Crippen molar-refractivity contribution >= 4 is 25.9 Å². The zero-order chi connectivity index (χ0) is 25.2. The largest absolute Gasteiger partial charge is 0.466 e. The molecule has 0 radical (unpaired) electrons. The molecule has 1 amide bonds. The number of amides is 1. The topological polar surface area (TPSA) is 139 Å². The highest BCUT2D eigenvalue weighted by Gasteiger charge is 2.54. The summed E-state index contributed by atoms with van der Waals surface area (Å²) in [6.07, 6.45) is 1.59. The van der Waals surface area contributed by atoms with Gasteiger partial charge in [-0.25, -0.2) is 4.79 Å². The monoisotopic (exact) mass is 483 g/mol. The average Bonchev–Trinajstić information content (AvgIpc) is 2.70. The number of ether oxygens (including phenoxy) is 2. The molecule has 0 spiro atoms. The fourth-order valence-corrected chi connectivity index (χ4v) is 6.17. The van der Waals surface area contributed by atoms with E-state index in [0.29, 0.717) is 6.41 Å². The van der Waals surface area contributed by atoms with Crippen LogP contribution in [0.4, 0.5) is 0 Å². The Morgan fingerprint density at radius 2 is 1.67 bits per heavy atom. The molecule has 33 heavy (non-hydrogen) atoms. The molecule has 1 aromatic carbocycles. The number of nitrogens with one attached hydrogen (secondary N) is 1. The number of carbonyl (C=O) groups is 3. The predicted octanol–water partition coefficient (Wildman–Crippen LogP) is 2.95. The van der Waals surface area contributed by atoms with E-state index >= 15 is 0 Å². The van der Waals surface area contributed by atoms with E-state index < -0.39 is 42.6 Å². The molecule has 3 N–H and O–H groups in total. The summed E-state index contributed by atoms with van der Waals surface area (Å²) >= 11 is 0. The molecule has 0 aliphatic rings. The fraction of sp³-hybridized carbons (Fsp3) is 0.522. The van der Waals surface area contributed by atoms with Gasteiger partial charge in [-0.2, -0.15) is 0 Å². The van der Waals surface area contributed by atoms with E-state index in [2.05, 4.69) is 5.32 Å². The van der Waals surface area contributed by atoms with Crippen LogP contribution in [0.15, 0.2) is 42.0 Å². The van der Waals surface area contributed by atoms with Gasteiger partial charge >= 0.3 is 19.5 Å². The molecule has 0 heterocycles. The van der Waals surface area contributed by atoms with Gasteiger partial charge in [-0.1, -0.05) is 64.1 Å². The van der Waals surface area contributed by atoms with Crippen molar-refractivity contribution in [3.05, 3.63) is 47.5 Å². The van der Waals surface area contributed by atoms with Crippen LogP contribution in [-0.4, -0.2) is 45.9 Å². The molecule has 1 atom stereocenters. The minimum Gasteiger partial charge on any atom is -0.466 e. The van der Waals surface area contributed by atoms with E-state index in [1.54, 1.807) is 52.0 Å². The van der Waals surface area contributed by atoms with Crippen molar-refractivity contribution in [1.29, 1.82) is 0 Å². The van der Waals surface area contributed by atoms with Crippen molar-refractivity contribution in [1.82, 2.24) is 5.32 Å². The Bertz CT molecular complexity index is 868. The van der Waals surface area contributed by atoms with Crippen molar-refractivity contribution < 1.29 is 38.2 Å². The van der Waals surface area contributed by atoms with Gasteiger partial charge in [0.05, 0.1) is 11.8 Å². The summed E-state index contributed by atoms with van der Waals surface area (Å²) in [5, 5.41) is 0.700. The van der Waals surface area contributed by atoms with Crippen LogP contribution >= 0.6 is 7.60 Å². The Balaban J connectivity index is 3.45. The first-order chi connectivity index (χ1) is 15.4. The average molecular weight is 483 g/mol. The number of esters is 2. The van der Waals surface area contributed by atoms with Gasteiger partial charge in [0.15, 0.2) is 0 Å². The van der Waals surface area contributed by atoms with Gasteiger partial charge in [-0.3, -0.25) is 14.2 Å². The number of rotatable bonds is 13. The van der Waals surface area contributed by atoms with Crippen molar-refractivity contribution in [2.75, 3.05) is 6.61 Å². The fourth-order valence-electron chi connectivity index (χ4n) is 4.27. The summed E-state index contributed by atoms with van der Waals surface area (Å²) in [6, 6.07) is 7.65. The van der Waals surface area contributed by atoms with E-state index in [0.717, 1.165) is 5.56 Å². The van der Waals surface area contributed by atoms with Gasteiger partial charge in [0.1, 0.15) is 12.6 Å². The van der Waals surface area contributed by atoms with Crippen LogP contribution in [0, 0.1) is 11.8 Å². The van der Waals surface area contributed by atoms with Crippen molar-refractivity contribution in [3.63, 3.8) is 0 Å². The minimum atomic E-state index is -4.78. The third-order valence-electron chi connectivity index (χ3n) is 5.53. The molecule has 0 saturated heterocycles. The Kier molecular flexibility index (Phi) is 11.0. The summed E-state index contributed by atoms with van der Waals surface area (Å²) in [4.78, 5) is 56.1. The lowest BCUT2D eigenvalue weighted by Crippen LogP contribution is -2.45. The lowest BCUT2D eigenvalue weighted by Gasteiger charge is -2.44. The molecule has 0 aliphatic carbocycles. The number of carbonyl (C=O) groups excluding carboxylic acids is 3. The Labute approximate surface area is 194 Å². The molecule has 9 nitrogen and oxygen atoms in total. The van der Waals surface area contributed by atoms with Gasteiger partial charge in [-0.05, 0) is 23.0 Å². The molecule has 0 fully saturated rings. The lowest BCUT2D eigenvalue weighted by molar-refractivity contribution is -0.147. The molecule has 0 saturated carbocycles. The van der Waals surface area contributed by atoms with Gasteiger partial charge in [0.25, 0.3) is 0 Å². The standard InChI is InChI=1S/C23H34NO8P/c1-16(2)23(17(3)4,33(28,29)30)20(11-12-31-18(5)26)13-21(24-15-25)22(27)32-14-19-9-7-6-8-10-19/h6-10,13,15-17,21H,11-12,14H2,1-5H3,(H,24,25)(H2,28,29,30). The van der Waals surface area contributed by atoms with E-state index in [1.807, 2.05) is 6.07 Å². The molecule has 1 aromatic rings. The highest BCUT2D eigenvalue weighted by Crippen LogP contribution is 2.62. The van der Waals surface area contributed by atoms with Crippen LogP contribution in [0.2, 0.25) is 0 Å². The van der Waals surface area contributed by atoms with E-state index in [1.165, 1.54) is 13.0 Å². The van der Waals surface area contributed by atoms with Crippen molar-refractivity contribution in [2.45, 2.75) is 58.8 Å². The highest BCUT2D eigenvalue weighted by molar-refractivity contribution is 7.54. The van der Waals surface area contributed by atoms with Crippen molar-refractivity contribution in [3.8, 4) is 0 Å². The molecule has 0 aromatic heterocycles. The molecular weight excluding hydrogens is 449 g/mol. The predicted molar refractivity (Wildman–Crippen MR) is 123 cm³/mol. The molecule has 184 valence electrons. The maximum Gasteiger partial charge on any atom is 0.336 e. The second kappa shape index (κ2) is 12.7. The third-order valence-corrected chi connectivity index (χ3v) is 7.81. The van der Waals surface area contributed by atoms with Gasteiger partial charge in [-0.15, -0.1) is 0 Å². The number of hydrogen-bond acceptors (Lipinski definition) is 6. The zero-order valence-corrected chi connectivity index (χ0v) is 20.6. The lowest BCUT2D eigenvalue weighted by atomic mass is 9.76. The van der Waals surface area contributed by atoms with Crippen LogP contribution in [0.3, 0.4) is 0 Å². The van der Waals surface area contributed by atoms with Crippen LogP contribution < -0.4 is 5.32 Å². The first-order valence-electron chi connectivity index (χ1n) is 10.7. The smallest absolute Gasteiger partial charge is 0.336 e. The zero-order valence-electron chi connectivity index (χ0n) is 19.7.